The van der Waals surface area contributed by atoms with E-state index in [-0.39, 0.29) is 17.9 Å². The third-order valence-electron chi connectivity index (χ3n) is 4.88. The van der Waals surface area contributed by atoms with E-state index >= 15 is 0 Å². The molecule has 0 atom stereocenters. The summed E-state index contributed by atoms with van der Waals surface area (Å²) in [5, 5.41) is 3.07. The lowest BCUT2D eigenvalue weighted by Gasteiger charge is -2.32. The lowest BCUT2D eigenvalue weighted by Crippen LogP contribution is -2.46. The van der Waals surface area contributed by atoms with Gasteiger partial charge in [-0.05, 0) is 56.2 Å². The maximum absolute atomic E-state index is 12.8. The number of carbonyl (C=O) groups is 2. The number of ether oxygens (including phenoxy) is 2. The van der Waals surface area contributed by atoms with Crippen LogP contribution in [0.3, 0.4) is 0 Å². The Morgan fingerprint density at radius 2 is 1.75 bits per heavy atom. The average Bonchev–Trinajstić information content (AvgIpc) is 2.74. The SMILES string of the molecule is CCOc1ccc(C(=O)NC2CCN(C(=O)c3ccccc3OC)CC2)cc1. The Bertz CT molecular complexity index is 812. The fourth-order valence-corrected chi connectivity index (χ4v) is 3.36. The van der Waals surface area contributed by atoms with Gasteiger partial charge in [-0.25, -0.2) is 0 Å². The number of hydrogen-bond donors (Lipinski definition) is 1. The Labute approximate surface area is 165 Å². The van der Waals surface area contributed by atoms with Gasteiger partial charge in [0.1, 0.15) is 11.5 Å². The average molecular weight is 382 g/mol. The smallest absolute Gasteiger partial charge is 0.257 e. The van der Waals surface area contributed by atoms with Crippen molar-refractivity contribution in [2.75, 3.05) is 26.8 Å². The standard InChI is InChI=1S/C22H26N2O4/c1-3-28-18-10-8-16(9-11-18)21(25)23-17-12-14-24(15-13-17)22(26)19-6-4-5-7-20(19)27-2/h4-11,17H,3,12-15H2,1-2H3,(H,23,25). The topological polar surface area (TPSA) is 67.9 Å². The van der Waals surface area contributed by atoms with Gasteiger partial charge in [0.15, 0.2) is 0 Å². The molecule has 0 radical (unpaired) electrons. The van der Waals surface area contributed by atoms with Crippen LogP contribution >= 0.6 is 0 Å². The van der Waals surface area contributed by atoms with Gasteiger partial charge in [-0.3, -0.25) is 9.59 Å². The van der Waals surface area contributed by atoms with Crippen LogP contribution in [0, 0.1) is 0 Å². The lowest BCUT2D eigenvalue weighted by atomic mass is 10.0. The van der Waals surface area contributed by atoms with Gasteiger partial charge >= 0.3 is 0 Å². The van der Waals surface area contributed by atoms with Crippen LogP contribution in [0.2, 0.25) is 0 Å². The molecule has 3 rings (SSSR count). The highest BCUT2D eigenvalue weighted by Crippen LogP contribution is 2.22. The molecule has 0 aromatic heterocycles. The minimum atomic E-state index is -0.0995. The molecule has 1 fully saturated rings. The Balaban J connectivity index is 1.53. The first-order valence-electron chi connectivity index (χ1n) is 9.58. The Morgan fingerprint density at radius 3 is 2.39 bits per heavy atom. The molecule has 2 amide bonds. The van der Waals surface area contributed by atoms with Crippen molar-refractivity contribution in [1.82, 2.24) is 10.2 Å². The van der Waals surface area contributed by atoms with Crippen molar-refractivity contribution >= 4 is 11.8 Å². The van der Waals surface area contributed by atoms with Crippen LogP contribution in [0.1, 0.15) is 40.5 Å². The minimum absolute atomic E-state index is 0.0336. The molecule has 0 spiro atoms. The van der Waals surface area contributed by atoms with Crippen LogP contribution < -0.4 is 14.8 Å². The second kappa shape index (κ2) is 9.26. The number of nitrogens with one attached hydrogen (secondary N) is 1. The van der Waals surface area contributed by atoms with Crippen LogP contribution in [-0.4, -0.2) is 49.6 Å². The maximum atomic E-state index is 12.8. The molecule has 1 N–H and O–H groups in total. The molecule has 1 aliphatic heterocycles. The van der Waals surface area contributed by atoms with Gasteiger partial charge in [0.2, 0.25) is 0 Å². The Kier molecular flexibility index (Phi) is 6.53. The number of amides is 2. The van der Waals surface area contributed by atoms with E-state index in [9.17, 15) is 9.59 Å². The number of carbonyl (C=O) groups excluding carboxylic acids is 2. The largest absolute Gasteiger partial charge is 0.496 e. The quantitative estimate of drug-likeness (QED) is 0.834. The van der Waals surface area contributed by atoms with Gasteiger partial charge in [-0.15, -0.1) is 0 Å². The van der Waals surface area contributed by atoms with Gasteiger partial charge in [-0.2, -0.15) is 0 Å². The van der Waals surface area contributed by atoms with Crippen molar-refractivity contribution < 1.29 is 19.1 Å². The van der Waals surface area contributed by atoms with Crippen molar-refractivity contribution in [3.05, 3.63) is 59.7 Å². The van der Waals surface area contributed by atoms with E-state index in [1.54, 1.807) is 43.5 Å². The zero-order valence-electron chi connectivity index (χ0n) is 16.3. The van der Waals surface area contributed by atoms with Crippen molar-refractivity contribution in [2.45, 2.75) is 25.8 Å². The van der Waals surface area contributed by atoms with Gasteiger partial charge in [-0.1, -0.05) is 12.1 Å². The van der Waals surface area contributed by atoms with Crippen LogP contribution in [0.15, 0.2) is 48.5 Å². The second-order valence-corrected chi connectivity index (χ2v) is 6.70. The third kappa shape index (κ3) is 4.63. The molecule has 1 heterocycles. The van der Waals surface area contributed by atoms with Crippen molar-refractivity contribution in [3.8, 4) is 11.5 Å². The Hall–Kier alpha value is -3.02. The minimum Gasteiger partial charge on any atom is -0.496 e. The van der Waals surface area contributed by atoms with Crippen LogP contribution in [0.4, 0.5) is 0 Å². The van der Waals surface area contributed by atoms with Crippen LogP contribution in [-0.2, 0) is 0 Å². The predicted molar refractivity (Wildman–Crippen MR) is 107 cm³/mol. The number of nitrogens with zero attached hydrogens (tertiary/aromatic N) is 1. The van der Waals surface area contributed by atoms with Gasteiger partial charge in [0, 0.05) is 24.7 Å². The molecule has 148 valence electrons. The number of methoxy groups -OCH3 is 1. The number of piperidine rings is 1. The summed E-state index contributed by atoms with van der Waals surface area (Å²) >= 11 is 0. The first-order valence-corrected chi connectivity index (χ1v) is 9.58. The van der Waals surface area contributed by atoms with E-state index in [0.29, 0.717) is 36.6 Å². The molecule has 6 heteroatoms. The van der Waals surface area contributed by atoms with E-state index in [2.05, 4.69) is 5.32 Å². The number of rotatable bonds is 6. The fraction of sp³-hybridized carbons (Fsp3) is 0.364. The summed E-state index contributed by atoms with van der Waals surface area (Å²) in [4.78, 5) is 27.0. The fourth-order valence-electron chi connectivity index (χ4n) is 3.36. The summed E-state index contributed by atoms with van der Waals surface area (Å²) < 4.78 is 10.7. The molecular weight excluding hydrogens is 356 g/mol. The number of para-hydroxylation sites is 1. The molecule has 1 aliphatic rings. The summed E-state index contributed by atoms with van der Waals surface area (Å²) in [6.07, 6.45) is 1.45. The molecule has 0 bridgehead atoms. The summed E-state index contributed by atoms with van der Waals surface area (Å²) in [5.41, 5.74) is 1.18. The maximum Gasteiger partial charge on any atom is 0.257 e. The summed E-state index contributed by atoms with van der Waals surface area (Å²) in [6, 6.07) is 14.4. The predicted octanol–water partition coefficient (Wildman–Crippen LogP) is 3.13. The normalized spacial score (nSPS) is 14.4. The highest BCUT2D eigenvalue weighted by Gasteiger charge is 2.26. The van der Waals surface area contributed by atoms with E-state index in [1.165, 1.54) is 0 Å². The lowest BCUT2D eigenvalue weighted by molar-refractivity contribution is 0.0695. The van der Waals surface area contributed by atoms with Crippen molar-refractivity contribution in [2.24, 2.45) is 0 Å². The van der Waals surface area contributed by atoms with Gasteiger partial charge < -0.3 is 19.7 Å². The number of benzene rings is 2. The third-order valence-corrected chi connectivity index (χ3v) is 4.88. The van der Waals surface area contributed by atoms with Crippen LogP contribution in [0.5, 0.6) is 11.5 Å². The van der Waals surface area contributed by atoms with Gasteiger partial charge in [0.05, 0.1) is 19.3 Å². The zero-order chi connectivity index (χ0) is 19.9. The summed E-state index contributed by atoms with van der Waals surface area (Å²) in [5.74, 6) is 1.20. The number of likely N-dealkylation sites (tertiary alicyclic amines) is 1. The highest BCUT2D eigenvalue weighted by atomic mass is 16.5. The highest BCUT2D eigenvalue weighted by molar-refractivity contribution is 5.97. The monoisotopic (exact) mass is 382 g/mol. The number of hydrogen-bond acceptors (Lipinski definition) is 4. The molecule has 0 saturated carbocycles. The molecule has 0 unspecified atom stereocenters. The molecule has 6 nitrogen and oxygen atoms in total. The molecule has 28 heavy (non-hydrogen) atoms. The van der Waals surface area contributed by atoms with E-state index < -0.39 is 0 Å². The molecule has 2 aromatic carbocycles. The second-order valence-electron chi connectivity index (χ2n) is 6.70. The summed E-state index contributed by atoms with van der Waals surface area (Å²) in [7, 11) is 1.56. The molecular formula is C22H26N2O4. The first-order chi connectivity index (χ1) is 13.6. The first kappa shape index (κ1) is 19.7. The van der Waals surface area contributed by atoms with E-state index in [0.717, 1.165) is 18.6 Å². The molecule has 0 aliphatic carbocycles. The van der Waals surface area contributed by atoms with E-state index in [1.807, 2.05) is 24.0 Å². The van der Waals surface area contributed by atoms with E-state index in [4.69, 9.17) is 9.47 Å². The van der Waals surface area contributed by atoms with Crippen LogP contribution in [0.25, 0.3) is 0 Å². The summed E-state index contributed by atoms with van der Waals surface area (Å²) in [6.45, 7) is 3.72. The Morgan fingerprint density at radius 1 is 1.07 bits per heavy atom. The van der Waals surface area contributed by atoms with Crippen molar-refractivity contribution in [3.63, 3.8) is 0 Å². The molecule has 2 aromatic rings. The molecule has 1 saturated heterocycles. The van der Waals surface area contributed by atoms with Gasteiger partial charge in [0.25, 0.3) is 11.8 Å². The zero-order valence-corrected chi connectivity index (χ0v) is 16.3. The van der Waals surface area contributed by atoms with Crippen molar-refractivity contribution in [1.29, 1.82) is 0 Å².